The van der Waals surface area contributed by atoms with Gasteiger partial charge in [-0.3, -0.25) is 4.79 Å². The molecule has 156 valence electrons. The zero-order chi connectivity index (χ0) is 20.4. The summed E-state index contributed by atoms with van der Waals surface area (Å²) in [5.41, 5.74) is 0. The van der Waals surface area contributed by atoms with Crippen molar-refractivity contribution >= 4 is 18.5 Å². The van der Waals surface area contributed by atoms with E-state index in [1.807, 2.05) is 13.8 Å². The highest BCUT2D eigenvalue weighted by Crippen LogP contribution is 2.01. The second-order valence-electron chi connectivity index (χ2n) is 6.05. The number of allylic oxidation sites excluding steroid dienone is 8. The van der Waals surface area contributed by atoms with Gasteiger partial charge in [0.25, 0.3) is 0 Å². The smallest absolute Gasteiger partial charge is 0.220 e. The summed E-state index contributed by atoms with van der Waals surface area (Å²) >= 11 is 4.06. The lowest BCUT2D eigenvalue weighted by Crippen LogP contribution is -2.24. The van der Waals surface area contributed by atoms with Gasteiger partial charge in [-0.25, -0.2) is 0 Å². The van der Waals surface area contributed by atoms with Crippen molar-refractivity contribution in [2.24, 2.45) is 0 Å². The molecule has 0 aliphatic rings. The van der Waals surface area contributed by atoms with Gasteiger partial charge >= 0.3 is 0 Å². The minimum Gasteiger partial charge on any atom is -0.355 e. The van der Waals surface area contributed by atoms with Crippen LogP contribution >= 0.6 is 12.6 Å². The van der Waals surface area contributed by atoms with E-state index < -0.39 is 0 Å². The highest BCUT2D eigenvalue weighted by molar-refractivity contribution is 7.80. The van der Waals surface area contributed by atoms with E-state index in [4.69, 9.17) is 0 Å². The van der Waals surface area contributed by atoms with Crippen LogP contribution in [-0.2, 0) is 4.79 Å². The molecule has 0 saturated carbocycles. The van der Waals surface area contributed by atoms with Crippen molar-refractivity contribution in [2.45, 2.75) is 85.0 Å². The summed E-state index contributed by atoms with van der Waals surface area (Å²) in [5, 5.41) is 2.83. The summed E-state index contributed by atoms with van der Waals surface area (Å²) < 4.78 is 0. The number of amides is 1. The Morgan fingerprint density at radius 3 is 1.74 bits per heavy atom. The number of thiol groups is 1. The molecule has 1 N–H and O–H groups in total. The number of hydrogen-bond acceptors (Lipinski definition) is 2. The molecule has 0 aliphatic heterocycles. The van der Waals surface area contributed by atoms with E-state index >= 15 is 0 Å². The number of carbonyl (C=O) groups excluding carboxylic acids is 1. The molecule has 2 nitrogen and oxygen atoms in total. The number of carbonyl (C=O) groups is 1. The van der Waals surface area contributed by atoms with Gasteiger partial charge in [0.1, 0.15) is 0 Å². The van der Waals surface area contributed by atoms with Crippen LogP contribution in [0.3, 0.4) is 0 Å². The summed E-state index contributed by atoms with van der Waals surface area (Å²) in [4.78, 5) is 11.4. The fourth-order valence-corrected chi connectivity index (χ4v) is 2.34. The summed E-state index contributed by atoms with van der Waals surface area (Å²) in [6, 6.07) is 0. The molecule has 0 spiro atoms. The Kier molecular flexibility index (Phi) is 28.0. The molecule has 0 fully saturated rings. The Morgan fingerprint density at radius 2 is 1.26 bits per heavy atom. The molecule has 0 aromatic carbocycles. The molecule has 3 heteroatoms. The standard InChI is InChI=1S/C22H37NOS.C2H6/c1-2-3-4-5-6-7-8-9-10-11-12-13-14-15-16-17-18-19-22(24)23-20-21-25;1-2/h6-7,9-10,12-13,15-16,25H,2-5,8,11,14,17-21H2,1H3,(H,23,24);1-2H3/b7-6+,10-9+,13-12+,16-15+;. The van der Waals surface area contributed by atoms with Gasteiger partial charge < -0.3 is 5.32 Å². The molecule has 0 bridgehead atoms. The fraction of sp³-hybridized carbons (Fsp3) is 0.625. The normalized spacial score (nSPS) is 11.6. The van der Waals surface area contributed by atoms with Gasteiger partial charge in [0.15, 0.2) is 0 Å². The third-order valence-corrected chi connectivity index (χ3v) is 3.89. The highest BCUT2D eigenvalue weighted by Gasteiger charge is 1.97. The van der Waals surface area contributed by atoms with Gasteiger partial charge in [-0.05, 0) is 44.9 Å². The molecule has 0 aliphatic carbocycles. The van der Waals surface area contributed by atoms with Crippen molar-refractivity contribution in [3.63, 3.8) is 0 Å². The third kappa shape index (κ3) is 27.1. The maximum Gasteiger partial charge on any atom is 0.220 e. The molecule has 1 amide bonds. The van der Waals surface area contributed by atoms with E-state index in [-0.39, 0.29) is 5.91 Å². The molecule has 0 radical (unpaired) electrons. The van der Waals surface area contributed by atoms with Gasteiger partial charge in [0, 0.05) is 18.7 Å². The van der Waals surface area contributed by atoms with Gasteiger partial charge in [0.2, 0.25) is 5.91 Å². The van der Waals surface area contributed by atoms with Crippen molar-refractivity contribution in [1.82, 2.24) is 5.32 Å². The van der Waals surface area contributed by atoms with Crippen LogP contribution in [0.25, 0.3) is 0 Å². The molecule has 0 rings (SSSR count). The van der Waals surface area contributed by atoms with E-state index in [9.17, 15) is 4.79 Å². The van der Waals surface area contributed by atoms with E-state index in [1.165, 1.54) is 25.7 Å². The minimum atomic E-state index is 0.130. The lowest BCUT2D eigenvalue weighted by molar-refractivity contribution is -0.121. The van der Waals surface area contributed by atoms with E-state index in [1.54, 1.807) is 0 Å². The first kappa shape index (κ1) is 28.0. The zero-order valence-corrected chi connectivity index (χ0v) is 18.9. The molecular formula is C24H43NOS. The van der Waals surface area contributed by atoms with Gasteiger partial charge in [0.05, 0.1) is 0 Å². The van der Waals surface area contributed by atoms with Crippen LogP contribution in [0.2, 0.25) is 0 Å². The molecule has 0 heterocycles. The minimum absolute atomic E-state index is 0.130. The van der Waals surface area contributed by atoms with E-state index in [2.05, 4.69) is 73.5 Å². The molecular weight excluding hydrogens is 350 g/mol. The number of hydrogen-bond donors (Lipinski definition) is 2. The second kappa shape index (κ2) is 27.0. The Labute approximate surface area is 174 Å². The SMILES string of the molecule is CC.CCCCC/C=C/C/C=C/C/C=C/C/C=C/CCCC(=O)NCCS. The van der Waals surface area contributed by atoms with Crippen LogP contribution < -0.4 is 5.32 Å². The van der Waals surface area contributed by atoms with Gasteiger partial charge in [-0.15, -0.1) is 0 Å². The van der Waals surface area contributed by atoms with Crippen LogP contribution in [-0.4, -0.2) is 18.2 Å². The first-order chi connectivity index (χ1) is 13.3. The zero-order valence-electron chi connectivity index (χ0n) is 18.0. The van der Waals surface area contributed by atoms with Crippen LogP contribution in [0.5, 0.6) is 0 Å². The predicted molar refractivity (Wildman–Crippen MR) is 127 cm³/mol. The first-order valence-corrected chi connectivity index (χ1v) is 11.4. The summed E-state index contributed by atoms with van der Waals surface area (Å²) in [6.45, 7) is 6.90. The Hall–Kier alpha value is -1.22. The average Bonchev–Trinajstić information content (AvgIpc) is 2.70. The van der Waals surface area contributed by atoms with Crippen molar-refractivity contribution in [2.75, 3.05) is 12.3 Å². The van der Waals surface area contributed by atoms with Gasteiger partial charge in [-0.2, -0.15) is 12.6 Å². The van der Waals surface area contributed by atoms with E-state index in [0.717, 1.165) is 32.1 Å². The number of unbranched alkanes of at least 4 members (excludes halogenated alkanes) is 4. The van der Waals surface area contributed by atoms with Gasteiger partial charge in [-0.1, -0.05) is 82.2 Å². The molecule has 27 heavy (non-hydrogen) atoms. The highest BCUT2D eigenvalue weighted by atomic mass is 32.1. The van der Waals surface area contributed by atoms with Crippen molar-refractivity contribution < 1.29 is 4.79 Å². The Bertz CT molecular complexity index is 411. The Morgan fingerprint density at radius 1 is 0.778 bits per heavy atom. The second-order valence-corrected chi connectivity index (χ2v) is 6.50. The molecule has 0 atom stereocenters. The first-order valence-electron chi connectivity index (χ1n) is 10.8. The maximum absolute atomic E-state index is 11.4. The maximum atomic E-state index is 11.4. The summed E-state index contributed by atoms with van der Waals surface area (Å²) in [7, 11) is 0. The molecule has 0 aromatic rings. The van der Waals surface area contributed by atoms with Crippen LogP contribution in [0, 0.1) is 0 Å². The monoisotopic (exact) mass is 393 g/mol. The predicted octanol–water partition coefficient (Wildman–Crippen LogP) is 7.20. The Balaban J connectivity index is 0. The van der Waals surface area contributed by atoms with Crippen LogP contribution in [0.15, 0.2) is 48.6 Å². The number of rotatable bonds is 16. The molecule has 0 unspecified atom stereocenters. The van der Waals surface area contributed by atoms with Crippen LogP contribution in [0.4, 0.5) is 0 Å². The van der Waals surface area contributed by atoms with Crippen LogP contribution in [0.1, 0.15) is 85.0 Å². The van der Waals surface area contributed by atoms with Crippen molar-refractivity contribution in [3.8, 4) is 0 Å². The van der Waals surface area contributed by atoms with Crippen molar-refractivity contribution in [1.29, 1.82) is 0 Å². The quantitative estimate of drug-likeness (QED) is 0.162. The summed E-state index contributed by atoms with van der Waals surface area (Å²) in [5.74, 6) is 0.827. The molecule has 0 saturated heterocycles. The van der Waals surface area contributed by atoms with E-state index in [0.29, 0.717) is 18.7 Å². The summed E-state index contributed by atoms with van der Waals surface area (Å²) in [6.07, 6.45) is 28.4. The fourth-order valence-electron chi connectivity index (χ4n) is 2.23. The third-order valence-electron chi connectivity index (χ3n) is 3.67. The lowest BCUT2D eigenvalue weighted by atomic mass is 10.2. The van der Waals surface area contributed by atoms with Crippen molar-refractivity contribution in [3.05, 3.63) is 48.6 Å². The molecule has 0 aromatic heterocycles. The largest absolute Gasteiger partial charge is 0.355 e. The average molecular weight is 394 g/mol. The topological polar surface area (TPSA) is 29.1 Å². The lowest BCUT2D eigenvalue weighted by Gasteiger charge is -2.00. The number of nitrogens with one attached hydrogen (secondary N) is 1.